The number of carboxylic acids is 1. The molecule has 0 radical (unpaired) electrons. The number of carbonyl (C=O) groups excluding carboxylic acids is 2. The van der Waals surface area contributed by atoms with Gasteiger partial charge in [-0.05, 0) is 84.8 Å². The van der Waals surface area contributed by atoms with Crippen molar-refractivity contribution in [2.45, 2.75) is 26.2 Å². The zero-order valence-corrected chi connectivity index (χ0v) is 23.8. The van der Waals surface area contributed by atoms with E-state index in [0.717, 1.165) is 18.5 Å². The molecule has 0 aliphatic heterocycles. The maximum atomic E-state index is 13.2. The lowest BCUT2D eigenvalue weighted by molar-refractivity contribution is -0.136. The second-order valence-electron chi connectivity index (χ2n) is 9.24. The van der Waals surface area contributed by atoms with Gasteiger partial charge in [-0.2, -0.15) is 0 Å². The Morgan fingerprint density at radius 2 is 1.59 bits per heavy atom. The van der Waals surface area contributed by atoms with Crippen molar-refractivity contribution in [3.05, 3.63) is 118 Å². The maximum Gasteiger partial charge on any atom is 0.307 e. The first-order valence-corrected chi connectivity index (χ1v) is 13.8. The average Bonchev–Trinajstić information content (AvgIpc) is 2.95. The summed E-state index contributed by atoms with van der Waals surface area (Å²) in [6.45, 7) is 2.65. The van der Waals surface area contributed by atoms with Gasteiger partial charge in [0.05, 0.1) is 17.0 Å². The van der Waals surface area contributed by atoms with Gasteiger partial charge in [-0.1, -0.05) is 54.7 Å². The SMILES string of the molecule is CCCCN(C(=O)c1ccccc1)c1ccc(Oc2ccc(NC(=O)c3ccc(Cl)cc3Cl)c(CC(=O)O)c2)cc1. The summed E-state index contributed by atoms with van der Waals surface area (Å²) in [6.07, 6.45) is 1.46. The zero-order chi connectivity index (χ0) is 29.4. The van der Waals surface area contributed by atoms with E-state index < -0.39 is 11.9 Å². The molecule has 210 valence electrons. The standard InChI is InChI=1S/C32H28Cl2N2O5/c1-2-3-17-36(32(40)21-7-5-4-6-8-21)24-10-12-25(13-11-24)41-26-14-16-29(22(18-26)19-30(37)38)35-31(39)27-15-9-23(33)20-28(27)34/h4-16,18,20H,2-3,17,19H2,1H3,(H,35,39)(H,37,38). The molecule has 4 rings (SSSR count). The number of aliphatic carboxylic acids is 1. The number of hydrogen-bond acceptors (Lipinski definition) is 4. The minimum Gasteiger partial charge on any atom is -0.481 e. The van der Waals surface area contributed by atoms with Crippen molar-refractivity contribution in [2.75, 3.05) is 16.8 Å². The number of carboxylic acid groups (broad SMARTS) is 1. The predicted molar refractivity (Wildman–Crippen MR) is 162 cm³/mol. The minimum absolute atomic E-state index is 0.0800. The van der Waals surface area contributed by atoms with Crippen molar-refractivity contribution in [1.29, 1.82) is 0 Å². The number of anilines is 2. The van der Waals surface area contributed by atoms with Crippen molar-refractivity contribution < 1.29 is 24.2 Å². The lowest BCUT2D eigenvalue weighted by Gasteiger charge is -2.23. The van der Waals surface area contributed by atoms with Crippen LogP contribution in [0.25, 0.3) is 0 Å². The van der Waals surface area contributed by atoms with Gasteiger partial charge >= 0.3 is 5.97 Å². The van der Waals surface area contributed by atoms with Crippen LogP contribution in [0, 0.1) is 0 Å². The van der Waals surface area contributed by atoms with Crippen LogP contribution in [0.2, 0.25) is 10.0 Å². The fraction of sp³-hybridized carbons (Fsp3) is 0.156. The van der Waals surface area contributed by atoms with Gasteiger partial charge < -0.3 is 20.1 Å². The Balaban J connectivity index is 1.53. The van der Waals surface area contributed by atoms with E-state index in [2.05, 4.69) is 12.2 Å². The Hall–Kier alpha value is -4.33. The fourth-order valence-corrected chi connectivity index (χ4v) is 4.65. The van der Waals surface area contributed by atoms with Crippen LogP contribution in [-0.2, 0) is 11.2 Å². The molecule has 0 bridgehead atoms. The molecule has 9 heteroatoms. The summed E-state index contributed by atoms with van der Waals surface area (Å²) >= 11 is 12.1. The van der Waals surface area contributed by atoms with Gasteiger partial charge in [-0.15, -0.1) is 0 Å². The first-order valence-electron chi connectivity index (χ1n) is 13.0. The Morgan fingerprint density at radius 1 is 0.878 bits per heavy atom. The number of unbranched alkanes of at least 4 members (excludes halogenated alkanes) is 1. The molecule has 2 amide bonds. The lowest BCUT2D eigenvalue weighted by Crippen LogP contribution is -2.31. The minimum atomic E-state index is -1.07. The number of amides is 2. The van der Waals surface area contributed by atoms with Crippen LogP contribution in [0.15, 0.2) is 91.0 Å². The number of nitrogens with one attached hydrogen (secondary N) is 1. The number of carbonyl (C=O) groups is 3. The van der Waals surface area contributed by atoms with Crippen molar-refractivity contribution in [1.82, 2.24) is 0 Å². The van der Waals surface area contributed by atoms with E-state index in [4.69, 9.17) is 27.9 Å². The van der Waals surface area contributed by atoms with Crippen molar-refractivity contribution in [2.24, 2.45) is 0 Å². The quantitative estimate of drug-likeness (QED) is 0.184. The molecule has 0 heterocycles. The summed E-state index contributed by atoms with van der Waals surface area (Å²) in [4.78, 5) is 39.3. The van der Waals surface area contributed by atoms with Gasteiger partial charge in [0.15, 0.2) is 0 Å². The molecule has 0 unspecified atom stereocenters. The molecule has 0 spiro atoms. The normalized spacial score (nSPS) is 10.6. The molecule has 0 saturated carbocycles. The highest BCUT2D eigenvalue weighted by molar-refractivity contribution is 6.37. The molecular formula is C32H28Cl2N2O5. The Labute approximate surface area is 248 Å². The summed E-state index contributed by atoms with van der Waals surface area (Å²) in [5.41, 5.74) is 2.23. The van der Waals surface area contributed by atoms with E-state index in [1.165, 1.54) is 12.1 Å². The Morgan fingerprint density at radius 3 is 2.24 bits per heavy atom. The van der Waals surface area contributed by atoms with Gasteiger partial charge in [0.1, 0.15) is 11.5 Å². The summed E-state index contributed by atoms with van der Waals surface area (Å²) in [6, 6.07) is 25.5. The van der Waals surface area contributed by atoms with Crippen LogP contribution in [0.4, 0.5) is 11.4 Å². The van der Waals surface area contributed by atoms with E-state index in [0.29, 0.717) is 39.9 Å². The molecule has 0 atom stereocenters. The van der Waals surface area contributed by atoms with Crippen LogP contribution in [0.3, 0.4) is 0 Å². The number of rotatable bonds is 11. The van der Waals surface area contributed by atoms with Crippen molar-refractivity contribution >= 4 is 52.4 Å². The second-order valence-corrected chi connectivity index (χ2v) is 10.1. The Kier molecular flexibility index (Phi) is 10.0. The molecular weight excluding hydrogens is 563 g/mol. The molecule has 0 aliphatic rings. The number of nitrogens with zero attached hydrogens (tertiary/aromatic N) is 1. The fourth-order valence-electron chi connectivity index (χ4n) is 4.16. The summed E-state index contributed by atoms with van der Waals surface area (Å²) < 4.78 is 5.99. The lowest BCUT2D eigenvalue weighted by atomic mass is 10.1. The first-order chi connectivity index (χ1) is 19.7. The molecule has 0 saturated heterocycles. The van der Waals surface area contributed by atoms with Crippen molar-refractivity contribution in [3.8, 4) is 11.5 Å². The third kappa shape index (κ3) is 7.87. The zero-order valence-electron chi connectivity index (χ0n) is 22.3. The number of hydrogen-bond donors (Lipinski definition) is 2. The maximum absolute atomic E-state index is 13.2. The number of halogens is 2. The van der Waals surface area contributed by atoms with Crippen LogP contribution in [-0.4, -0.2) is 29.4 Å². The van der Waals surface area contributed by atoms with Gasteiger partial charge in [-0.25, -0.2) is 0 Å². The van der Waals surface area contributed by atoms with Gasteiger partial charge in [0, 0.05) is 28.5 Å². The van der Waals surface area contributed by atoms with Crippen LogP contribution in [0.1, 0.15) is 46.0 Å². The van der Waals surface area contributed by atoms with Gasteiger partial charge in [0.2, 0.25) is 0 Å². The molecule has 0 aliphatic carbocycles. The largest absolute Gasteiger partial charge is 0.481 e. The van der Waals surface area contributed by atoms with E-state index in [-0.39, 0.29) is 22.9 Å². The monoisotopic (exact) mass is 590 g/mol. The molecule has 7 nitrogen and oxygen atoms in total. The summed E-state index contributed by atoms with van der Waals surface area (Å²) in [7, 11) is 0. The van der Waals surface area contributed by atoms with E-state index in [1.807, 2.05) is 30.3 Å². The summed E-state index contributed by atoms with van der Waals surface area (Å²) in [5, 5.41) is 12.7. The van der Waals surface area contributed by atoms with E-state index >= 15 is 0 Å². The predicted octanol–water partition coefficient (Wildman–Crippen LogP) is 8.11. The third-order valence-electron chi connectivity index (χ3n) is 6.23. The van der Waals surface area contributed by atoms with E-state index in [1.54, 1.807) is 53.4 Å². The number of ether oxygens (including phenoxy) is 1. The smallest absolute Gasteiger partial charge is 0.307 e. The van der Waals surface area contributed by atoms with Crippen molar-refractivity contribution in [3.63, 3.8) is 0 Å². The first kappa shape index (κ1) is 29.6. The molecule has 4 aromatic carbocycles. The van der Waals surface area contributed by atoms with Crippen LogP contribution < -0.4 is 15.0 Å². The molecule has 2 N–H and O–H groups in total. The molecule has 41 heavy (non-hydrogen) atoms. The highest BCUT2D eigenvalue weighted by Gasteiger charge is 2.18. The molecule has 0 fully saturated rings. The highest BCUT2D eigenvalue weighted by atomic mass is 35.5. The highest BCUT2D eigenvalue weighted by Crippen LogP contribution is 2.30. The van der Waals surface area contributed by atoms with Gasteiger partial charge in [0.25, 0.3) is 11.8 Å². The molecule has 4 aromatic rings. The number of benzene rings is 4. The second kappa shape index (κ2) is 13.8. The molecule has 0 aromatic heterocycles. The van der Waals surface area contributed by atoms with Crippen LogP contribution in [0.5, 0.6) is 11.5 Å². The topological polar surface area (TPSA) is 95.9 Å². The Bertz CT molecular complexity index is 1540. The van der Waals surface area contributed by atoms with E-state index in [9.17, 15) is 19.5 Å². The summed E-state index contributed by atoms with van der Waals surface area (Å²) in [5.74, 6) is -0.757. The average molecular weight is 591 g/mol. The van der Waals surface area contributed by atoms with Gasteiger partial charge in [-0.3, -0.25) is 14.4 Å². The third-order valence-corrected chi connectivity index (χ3v) is 6.78. The van der Waals surface area contributed by atoms with Crippen LogP contribution >= 0.6 is 23.2 Å².